The first-order chi connectivity index (χ1) is 10.7. The van der Waals surface area contributed by atoms with Gasteiger partial charge in [0.15, 0.2) is 0 Å². The fraction of sp³-hybridized carbons (Fsp3) is 0.556. The average molecular weight is 332 g/mol. The smallest absolute Gasteiger partial charge is 0.221 e. The fourth-order valence-electron chi connectivity index (χ4n) is 4.63. The Bertz CT molecular complexity index is 639. The highest BCUT2D eigenvalue weighted by molar-refractivity contribution is 6.96. The predicted molar refractivity (Wildman–Crippen MR) is 100 cm³/mol. The van der Waals surface area contributed by atoms with Gasteiger partial charge in [-0.2, -0.15) is 0 Å². The van der Waals surface area contributed by atoms with Gasteiger partial charge in [0.2, 0.25) is 5.91 Å². The normalized spacial score (nSPS) is 12.6. The average Bonchev–Trinajstić information content (AvgIpc) is 2.87. The second-order valence-electron chi connectivity index (χ2n) is 7.36. The quantitative estimate of drug-likeness (QED) is 0.800. The van der Waals surface area contributed by atoms with Crippen molar-refractivity contribution in [3.05, 3.63) is 18.5 Å². The number of amides is 1. The highest BCUT2D eigenvalue weighted by atomic mass is 28.3. The first-order valence-electron chi connectivity index (χ1n) is 8.47. The van der Waals surface area contributed by atoms with Crippen molar-refractivity contribution in [2.75, 3.05) is 5.32 Å². The number of pyridine rings is 1. The number of fused-ring (bicyclic) bond motifs is 1. The molecule has 0 unspecified atom stereocenters. The SMILES string of the molecule is CC(=O)Nc1c[nH]c2nccc-2c1[Si](C(C)C)(C(C)C)C(C)C. The van der Waals surface area contributed by atoms with Gasteiger partial charge in [-0.3, -0.25) is 4.79 Å². The van der Waals surface area contributed by atoms with Crippen LogP contribution in [-0.2, 0) is 4.79 Å². The Kier molecular flexibility index (Phi) is 4.99. The molecule has 0 aromatic heterocycles. The Morgan fingerprint density at radius 3 is 2.17 bits per heavy atom. The molecule has 126 valence electrons. The van der Waals surface area contributed by atoms with Crippen LogP contribution >= 0.6 is 0 Å². The van der Waals surface area contributed by atoms with Crippen LogP contribution in [0, 0.1) is 0 Å². The third kappa shape index (κ3) is 2.82. The molecule has 0 spiro atoms. The van der Waals surface area contributed by atoms with E-state index in [9.17, 15) is 4.79 Å². The van der Waals surface area contributed by atoms with Crippen LogP contribution in [0.3, 0.4) is 0 Å². The number of nitrogens with one attached hydrogen (secondary N) is 2. The first-order valence-corrected chi connectivity index (χ1v) is 10.7. The third-order valence-corrected chi connectivity index (χ3v) is 12.3. The summed E-state index contributed by atoms with van der Waals surface area (Å²) in [6, 6.07) is 2.08. The minimum atomic E-state index is -1.92. The van der Waals surface area contributed by atoms with Crippen LogP contribution in [0.25, 0.3) is 11.4 Å². The Morgan fingerprint density at radius 2 is 1.70 bits per heavy atom. The monoisotopic (exact) mass is 331 g/mol. The molecule has 0 saturated carbocycles. The summed E-state index contributed by atoms with van der Waals surface area (Å²) in [4.78, 5) is 19.4. The molecule has 2 heterocycles. The van der Waals surface area contributed by atoms with E-state index in [1.165, 1.54) is 10.8 Å². The summed E-state index contributed by atoms with van der Waals surface area (Å²) >= 11 is 0. The lowest BCUT2D eigenvalue weighted by Crippen LogP contribution is -2.57. The second-order valence-corrected chi connectivity index (χ2v) is 13.2. The molecular weight excluding hydrogens is 302 g/mol. The van der Waals surface area contributed by atoms with Gasteiger partial charge in [-0.1, -0.05) is 41.5 Å². The van der Waals surface area contributed by atoms with Gasteiger partial charge in [-0.25, -0.2) is 4.98 Å². The molecule has 0 fully saturated rings. The van der Waals surface area contributed by atoms with E-state index in [1.807, 2.05) is 12.4 Å². The summed E-state index contributed by atoms with van der Waals surface area (Å²) in [6.07, 6.45) is 3.77. The zero-order valence-electron chi connectivity index (χ0n) is 15.3. The van der Waals surface area contributed by atoms with Crippen LogP contribution in [0.5, 0.6) is 0 Å². The Labute approximate surface area is 140 Å². The van der Waals surface area contributed by atoms with E-state index in [1.54, 1.807) is 6.92 Å². The molecule has 4 nitrogen and oxygen atoms in total. The molecule has 1 amide bonds. The van der Waals surface area contributed by atoms with Crippen molar-refractivity contribution in [1.29, 1.82) is 0 Å². The largest absolute Gasteiger partial charge is 0.344 e. The lowest BCUT2D eigenvalue weighted by Gasteiger charge is -2.45. The van der Waals surface area contributed by atoms with Crippen molar-refractivity contribution in [2.45, 2.75) is 65.1 Å². The van der Waals surface area contributed by atoms with Gasteiger partial charge in [-0.15, -0.1) is 0 Å². The number of aromatic amines is 1. The molecule has 0 saturated heterocycles. The molecule has 2 aliphatic heterocycles. The maximum absolute atomic E-state index is 11.8. The van der Waals surface area contributed by atoms with Gasteiger partial charge in [0.25, 0.3) is 0 Å². The molecule has 0 aliphatic carbocycles. The van der Waals surface area contributed by atoms with E-state index in [2.05, 4.69) is 62.9 Å². The van der Waals surface area contributed by atoms with Crippen molar-refractivity contribution in [3.8, 4) is 11.4 Å². The fourth-order valence-corrected chi connectivity index (χ4v) is 11.6. The third-order valence-electron chi connectivity index (χ3n) is 5.20. The van der Waals surface area contributed by atoms with Gasteiger partial charge in [0, 0.05) is 24.9 Å². The number of hydrogen-bond donors (Lipinski definition) is 2. The van der Waals surface area contributed by atoms with Gasteiger partial charge >= 0.3 is 0 Å². The molecule has 2 N–H and O–H groups in total. The van der Waals surface area contributed by atoms with Crippen molar-refractivity contribution in [2.24, 2.45) is 0 Å². The van der Waals surface area contributed by atoms with Crippen molar-refractivity contribution < 1.29 is 4.79 Å². The molecule has 5 heteroatoms. The number of carbonyl (C=O) groups is 1. The van der Waals surface area contributed by atoms with Crippen molar-refractivity contribution >= 4 is 24.9 Å². The van der Waals surface area contributed by atoms with Gasteiger partial charge in [-0.05, 0) is 27.9 Å². The topological polar surface area (TPSA) is 57.8 Å². The van der Waals surface area contributed by atoms with E-state index >= 15 is 0 Å². The highest BCUT2D eigenvalue weighted by Gasteiger charge is 2.47. The number of nitrogens with zero attached hydrogens (tertiary/aromatic N) is 1. The molecule has 2 rings (SSSR count). The van der Waals surface area contributed by atoms with Crippen LogP contribution in [0.15, 0.2) is 18.5 Å². The van der Waals surface area contributed by atoms with Crippen LogP contribution < -0.4 is 10.5 Å². The van der Waals surface area contributed by atoms with Gasteiger partial charge in [0.05, 0.1) is 13.8 Å². The summed E-state index contributed by atoms with van der Waals surface area (Å²) < 4.78 is 0. The molecular formula is C18H29N3OSi. The maximum Gasteiger partial charge on any atom is 0.221 e. The standard InChI is InChI=1S/C18H29N3OSi/c1-11(2)23(12(3)4,13(5)6)17-15-8-9-19-18(15)20-10-16(17)21-14(7)22/h8-13H,1-7H3,(H,19,20)(H,21,22). The predicted octanol–water partition coefficient (Wildman–Crippen LogP) is 4.36. The lowest BCUT2D eigenvalue weighted by atomic mass is 10.2. The molecule has 2 aliphatic rings. The second kappa shape index (κ2) is 6.47. The summed E-state index contributed by atoms with van der Waals surface area (Å²) in [5, 5.41) is 4.41. The van der Waals surface area contributed by atoms with E-state index in [-0.39, 0.29) is 5.91 Å². The Balaban J connectivity index is 2.86. The molecule has 0 aromatic carbocycles. The van der Waals surface area contributed by atoms with E-state index in [0.717, 1.165) is 11.5 Å². The minimum absolute atomic E-state index is 0.0299. The molecule has 0 bridgehead atoms. The highest BCUT2D eigenvalue weighted by Crippen LogP contribution is 2.44. The molecule has 0 aromatic rings. The number of rotatable bonds is 5. The maximum atomic E-state index is 11.8. The number of carbonyl (C=O) groups excluding carboxylic acids is 1. The van der Waals surface area contributed by atoms with Crippen LogP contribution in [0.4, 0.5) is 5.69 Å². The van der Waals surface area contributed by atoms with E-state index in [4.69, 9.17) is 0 Å². The summed E-state index contributed by atoms with van der Waals surface area (Å²) in [6.45, 7) is 15.6. The van der Waals surface area contributed by atoms with Crippen LogP contribution in [0.1, 0.15) is 48.5 Å². The summed E-state index contributed by atoms with van der Waals surface area (Å²) in [5.74, 6) is 0.880. The Hall–Kier alpha value is -1.62. The number of hydrogen-bond acceptors (Lipinski definition) is 2. The first kappa shape index (κ1) is 17.7. The van der Waals surface area contributed by atoms with Gasteiger partial charge < -0.3 is 10.3 Å². The zero-order valence-corrected chi connectivity index (χ0v) is 16.3. The Morgan fingerprint density at radius 1 is 1.13 bits per heavy atom. The van der Waals surface area contributed by atoms with Crippen LogP contribution in [-0.4, -0.2) is 23.9 Å². The number of H-pyrrole nitrogens is 1. The van der Waals surface area contributed by atoms with Gasteiger partial charge in [0.1, 0.15) is 5.82 Å². The summed E-state index contributed by atoms with van der Waals surface area (Å²) in [7, 11) is -1.92. The molecule has 23 heavy (non-hydrogen) atoms. The van der Waals surface area contributed by atoms with Crippen molar-refractivity contribution in [3.63, 3.8) is 0 Å². The summed E-state index contributed by atoms with van der Waals surface area (Å²) in [5.41, 5.74) is 3.79. The van der Waals surface area contributed by atoms with E-state index in [0.29, 0.717) is 16.6 Å². The number of anilines is 1. The van der Waals surface area contributed by atoms with Crippen LogP contribution in [0.2, 0.25) is 16.6 Å². The van der Waals surface area contributed by atoms with Crippen molar-refractivity contribution in [1.82, 2.24) is 9.97 Å². The van der Waals surface area contributed by atoms with E-state index < -0.39 is 8.07 Å². The molecule has 0 atom stereocenters. The minimum Gasteiger partial charge on any atom is -0.344 e. The lowest BCUT2D eigenvalue weighted by molar-refractivity contribution is -0.114. The zero-order chi connectivity index (χ0) is 17.4. The molecule has 0 radical (unpaired) electrons. The number of aromatic nitrogens is 2.